The molecule has 3 heteroatoms. The molecular weight excluding hydrogens is 348 g/mol. The lowest BCUT2D eigenvalue weighted by Gasteiger charge is -2.44. The van der Waals surface area contributed by atoms with Crippen molar-refractivity contribution in [1.29, 1.82) is 0 Å². The minimum Gasteiger partial charge on any atom is -0.464 e. The van der Waals surface area contributed by atoms with Crippen LogP contribution in [0.4, 0.5) is 0 Å². The molecule has 1 aliphatic rings. The van der Waals surface area contributed by atoms with E-state index in [0.29, 0.717) is 37.4 Å². The second-order valence-electron chi connectivity index (χ2n) is 9.02. The second kappa shape index (κ2) is 13.6. The molecule has 0 aliphatic heterocycles. The number of rotatable bonds is 14. The van der Waals surface area contributed by atoms with Gasteiger partial charge in [0, 0.05) is 5.92 Å². The number of ether oxygens (including phenoxy) is 2. The molecule has 0 radical (unpaired) electrons. The van der Waals surface area contributed by atoms with Crippen molar-refractivity contribution in [3.05, 3.63) is 0 Å². The van der Waals surface area contributed by atoms with E-state index in [9.17, 15) is 4.79 Å². The van der Waals surface area contributed by atoms with Gasteiger partial charge in [0.2, 0.25) is 0 Å². The topological polar surface area (TPSA) is 35.5 Å². The van der Waals surface area contributed by atoms with Crippen LogP contribution in [-0.4, -0.2) is 24.8 Å². The van der Waals surface area contributed by atoms with E-state index in [0.717, 1.165) is 32.1 Å². The van der Waals surface area contributed by atoms with E-state index in [2.05, 4.69) is 41.5 Å². The molecule has 3 nitrogen and oxygen atoms in total. The molecule has 3 unspecified atom stereocenters. The first-order chi connectivity index (χ1) is 13.5. The van der Waals surface area contributed by atoms with Gasteiger partial charge in [-0.15, -0.1) is 0 Å². The fraction of sp³-hybridized carbons (Fsp3) is 0.960. The van der Waals surface area contributed by atoms with Crippen LogP contribution in [0.1, 0.15) is 112 Å². The van der Waals surface area contributed by atoms with Gasteiger partial charge in [0.05, 0.1) is 13.2 Å². The summed E-state index contributed by atoms with van der Waals surface area (Å²) in [5.74, 6) is 1.86. The third kappa shape index (κ3) is 6.75. The maximum absolute atomic E-state index is 13.4. The molecular formula is C25H48O3. The fourth-order valence-corrected chi connectivity index (χ4v) is 5.15. The van der Waals surface area contributed by atoms with E-state index in [-0.39, 0.29) is 11.9 Å². The minimum absolute atomic E-state index is 0.107. The molecule has 28 heavy (non-hydrogen) atoms. The van der Waals surface area contributed by atoms with Crippen molar-refractivity contribution in [2.45, 2.75) is 118 Å². The minimum atomic E-state index is -0.787. The van der Waals surface area contributed by atoms with Crippen molar-refractivity contribution in [3.8, 4) is 0 Å². The lowest BCUT2D eigenvalue weighted by atomic mass is 9.67. The summed E-state index contributed by atoms with van der Waals surface area (Å²) in [7, 11) is 0. The van der Waals surface area contributed by atoms with Crippen LogP contribution in [0.15, 0.2) is 0 Å². The zero-order chi connectivity index (χ0) is 21.0. The van der Waals surface area contributed by atoms with Gasteiger partial charge in [0.15, 0.2) is 5.60 Å². The van der Waals surface area contributed by atoms with E-state index < -0.39 is 5.60 Å². The smallest absolute Gasteiger partial charge is 0.338 e. The molecule has 0 saturated heterocycles. The van der Waals surface area contributed by atoms with Crippen LogP contribution in [-0.2, 0) is 14.3 Å². The zero-order valence-electron chi connectivity index (χ0n) is 19.7. The van der Waals surface area contributed by atoms with Gasteiger partial charge in [-0.1, -0.05) is 92.9 Å². The molecule has 1 aliphatic carbocycles. The van der Waals surface area contributed by atoms with Crippen LogP contribution in [0.5, 0.6) is 0 Å². The summed E-state index contributed by atoms with van der Waals surface area (Å²) in [6.45, 7) is 14.4. The molecule has 1 saturated carbocycles. The zero-order valence-corrected chi connectivity index (χ0v) is 19.7. The second-order valence-corrected chi connectivity index (χ2v) is 9.02. The average Bonchev–Trinajstić information content (AvgIpc) is 2.74. The summed E-state index contributed by atoms with van der Waals surface area (Å²) in [5, 5.41) is 0. The summed E-state index contributed by atoms with van der Waals surface area (Å²) < 4.78 is 12.4. The van der Waals surface area contributed by atoms with Crippen molar-refractivity contribution in [1.82, 2.24) is 0 Å². The third-order valence-electron chi connectivity index (χ3n) is 7.27. The van der Waals surface area contributed by atoms with Crippen LogP contribution in [0, 0.1) is 23.7 Å². The SMILES string of the molecule is CCCOC(=O)C(CC)(OCC(CC)CC)C(CCC)C(C)C1CCCCC1. The van der Waals surface area contributed by atoms with Crippen molar-refractivity contribution < 1.29 is 14.3 Å². The molecule has 1 rings (SSSR count). The van der Waals surface area contributed by atoms with Gasteiger partial charge < -0.3 is 9.47 Å². The molecule has 1 fully saturated rings. The molecule has 0 bridgehead atoms. The Morgan fingerprint density at radius 1 is 1.00 bits per heavy atom. The summed E-state index contributed by atoms with van der Waals surface area (Å²) in [4.78, 5) is 13.4. The molecule has 166 valence electrons. The van der Waals surface area contributed by atoms with Crippen LogP contribution in [0.25, 0.3) is 0 Å². The van der Waals surface area contributed by atoms with Crippen molar-refractivity contribution in [2.24, 2.45) is 23.7 Å². The van der Waals surface area contributed by atoms with Gasteiger partial charge in [-0.3, -0.25) is 0 Å². The Balaban J connectivity index is 3.17. The normalized spacial score (nSPS) is 20.0. The highest BCUT2D eigenvalue weighted by molar-refractivity contribution is 5.80. The Morgan fingerprint density at radius 2 is 1.64 bits per heavy atom. The largest absolute Gasteiger partial charge is 0.464 e. The first-order valence-corrected chi connectivity index (χ1v) is 12.3. The van der Waals surface area contributed by atoms with Gasteiger partial charge in [0.1, 0.15) is 0 Å². The Kier molecular flexibility index (Phi) is 12.4. The number of hydrogen-bond acceptors (Lipinski definition) is 3. The van der Waals surface area contributed by atoms with Gasteiger partial charge >= 0.3 is 5.97 Å². The van der Waals surface area contributed by atoms with Crippen molar-refractivity contribution >= 4 is 5.97 Å². The summed E-state index contributed by atoms with van der Waals surface area (Å²) >= 11 is 0. The van der Waals surface area contributed by atoms with Crippen LogP contribution in [0.2, 0.25) is 0 Å². The summed E-state index contributed by atoms with van der Waals surface area (Å²) in [5.41, 5.74) is -0.787. The molecule has 0 spiro atoms. The predicted octanol–water partition coefficient (Wildman–Crippen LogP) is 7.17. The number of hydrogen-bond donors (Lipinski definition) is 0. The first kappa shape index (κ1) is 25.5. The van der Waals surface area contributed by atoms with Gasteiger partial charge in [-0.2, -0.15) is 0 Å². The van der Waals surface area contributed by atoms with Gasteiger partial charge in [-0.05, 0) is 37.0 Å². The quantitative estimate of drug-likeness (QED) is 0.292. The first-order valence-electron chi connectivity index (χ1n) is 12.3. The fourth-order valence-electron chi connectivity index (χ4n) is 5.15. The average molecular weight is 397 g/mol. The molecule has 0 aromatic carbocycles. The van der Waals surface area contributed by atoms with Crippen LogP contribution in [0.3, 0.4) is 0 Å². The standard InChI is InChI=1S/C25H48O3/c1-7-15-23(20(6)22-16-13-12-14-17-22)25(11-5,24(26)27-18-8-2)28-19-21(9-3)10-4/h20-23H,7-19H2,1-6H3. The number of esters is 1. The maximum atomic E-state index is 13.4. The van der Waals surface area contributed by atoms with E-state index in [4.69, 9.17) is 9.47 Å². The Bertz CT molecular complexity index is 412. The highest BCUT2D eigenvalue weighted by Gasteiger charge is 2.50. The maximum Gasteiger partial charge on any atom is 0.338 e. The lowest BCUT2D eigenvalue weighted by Crippen LogP contribution is -2.53. The summed E-state index contributed by atoms with van der Waals surface area (Å²) in [6.07, 6.45) is 12.5. The number of carbonyl (C=O) groups excluding carboxylic acids is 1. The molecule has 0 heterocycles. The molecule has 0 aromatic rings. The molecule has 3 atom stereocenters. The lowest BCUT2D eigenvalue weighted by molar-refractivity contribution is -0.191. The van der Waals surface area contributed by atoms with E-state index in [1.165, 1.54) is 32.1 Å². The Hall–Kier alpha value is -0.570. The van der Waals surface area contributed by atoms with Gasteiger partial charge in [-0.25, -0.2) is 4.79 Å². The summed E-state index contributed by atoms with van der Waals surface area (Å²) in [6, 6.07) is 0. The van der Waals surface area contributed by atoms with E-state index >= 15 is 0 Å². The molecule has 0 amide bonds. The van der Waals surface area contributed by atoms with Gasteiger partial charge in [0.25, 0.3) is 0 Å². The third-order valence-corrected chi connectivity index (χ3v) is 7.27. The highest BCUT2D eigenvalue weighted by Crippen LogP contribution is 2.43. The van der Waals surface area contributed by atoms with Crippen molar-refractivity contribution in [2.75, 3.05) is 13.2 Å². The number of carbonyl (C=O) groups is 1. The highest BCUT2D eigenvalue weighted by atomic mass is 16.6. The Morgan fingerprint density at radius 3 is 2.14 bits per heavy atom. The van der Waals surface area contributed by atoms with Crippen molar-refractivity contribution in [3.63, 3.8) is 0 Å². The predicted molar refractivity (Wildman–Crippen MR) is 118 cm³/mol. The Labute approximate surface area is 175 Å². The monoisotopic (exact) mass is 396 g/mol. The van der Waals surface area contributed by atoms with E-state index in [1.807, 2.05) is 0 Å². The van der Waals surface area contributed by atoms with Crippen LogP contribution < -0.4 is 0 Å². The van der Waals surface area contributed by atoms with Crippen LogP contribution >= 0.6 is 0 Å². The van der Waals surface area contributed by atoms with E-state index in [1.54, 1.807) is 0 Å². The molecule has 0 aromatic heterocycles. The molecule has 0 N–H and O–H groups in total.